The summed E-state index contributed by atoms with van der Waals surface area (Å²) in [6.45, 7) is 0.151. The van der Waals surface area contributed by atoms with E-state index in [1.54, 1.807) is 4.90 Å². The van der Waals surface area contributed by atoms with Crippen molar-refractivity contribution in [1.82, 2.24) is 9.88 Å². The summed E-state index contributed by atoms with van der Waals surface area (Å²) in [5.41, 5.74) is 7.36. The quantitative estimate of drug-likeness (QED) is 0.745. The Morgan fingerprint density at radius 1 is 1.45 bits per heavy atom. The van der Waals surface area contributed by atoms with E-state index < -0.39 is 11.8 Å². The molecule has 1 aromatic heterocycles. The van der Waals surface area contributed by atoms with E-state index in [9.17, 15) is 14.7 Å². The monoisotopic (exact) mass is 301 g/mol. The number of hydrogen-bond donors (Lipinski definition) is 3. The summed E-state index contributed by atoms with van der Waals surface area (Å²) in [5, 5.41) is 10.8. The van der Waals surface area contributed by atoms with Crippen molar-refractivity contribution >= 4 is 22.7 Å². The zero-order valence-electron chi connectivity index (χ0n) is 12.2. The molecule has 116 valence electrons. The first-order valence-electron chi connectivity index (χ1n) is 7.34. The Kier molecular flexibility index (Phi) is 3.85. The van der Waals surface area contributed by atoms with Crippen molar-refractivity contribution < 1.29 is 14.7 Å². The molecule has 6 nitrogen and oxygen atoms in total. The average molecular weight is 301 g/mol. The Morgan fingerprint density at radius 2 is 2.23 bits per heavy atom. The molecule has 1 fully saturated rings. The lowest BCUT2D eigenvalue weighted by Crippen LogP contribution is -2.41. The number of fused-ring (bicyclic) bond motifs is 1. The lowest BCUT2D eigenvalue weighted by molar-refractivity contribution is -0.130. The highest BCUT2D eigenvalue weighted by Crippen LogP contribution is 2.24. The summed E-state index contributed by atoms with van der Waals surface area (Å²) < 4.78 is 0. The first-order chi connectivity index (χ1) is 10.6. The molecule has 1 aliphatic rings. The fourth-order valence-electron chi connectivity index (χ4n) is 3.10. The van der Waals surface area contributed by atoms with E-state index in [1.165, 1.54) is 0 Å². The van der Waals surface area contributed by atoms with Crippen LogP contribution in [0.5, 0.6) is 0 Å². The molecule has 0 bridgehead atoms. The zero-order valence-corrected chi connectivity index (χ0v) is 12.2. The van der Waals surface area contributed by atoms with Crippen LogP contribution in [0.4, 0.5) is 0 Å². The van der Waals surface area contributed by atoms with Gasteiger partial charge in [0.05, 0.1) is 18.6 Å². The van der Waals surface area contributed by atoms with Gasteiger partial charge in [0.15, 0.2) is 0 Å². The number of benzene rings is 1. The number of aromatic nitrogens is 1. The van der Waals surface area contributed by atoms with E-state index in [4.69, 9.17) is 5.73 Å². The van der Waals surface area contributed by atoms with Gasteiger partial charge in [-0.15, -0.1) is 0 Å². The number of nitrogens with two attached hydrogens (primary N) is 1. The van der Waals surface area contributed by atoms with Gasteiger partial charge in [0.2, 0.25) is 11.8 Å². The number of carbonyl (C=O) groups excluding carboxylic acids is 2. The van der Waals surface area contributed by atoms with Gasteiger partial charge in [-0.2, -0.15) is 0 Å². The number of primary amides is 1. The van der Waals surface area contributed by atoms with Gasteiger partial charge in [0.25, 0.3) is 0 Å². The van der Waals surface area contributed by atoms with E-state index in [0.29, 0.717) is 13.0 Å². The van der Waals surface area contributed by atoms with Crippen LogP contribution >= 0.6 is 0 Å². The van der Waals surface area contributed by atoms with Gasteiger partial charge in [-0.05, 0) is 18.1 Å². The van der Waals surface area contributed by atoms with Crippen molar-refractivity contribution in [3.05, 3.63) is 36.0 Å². The Bertz CT molecular complexity index is 709. The molecule has 0 spiro atoms. The van der Waals surface area contributed by atoms with Crippen molar-refractivity contribution in [1.29, 1.82) is 0 Å². The van der Waals surface area contributed by atoms with Gasteiger partial charge in [0.1, 0.15) is 0 Å². The molecule has 1 saturated heterocycles. The number of aliphatic hydroxyl groups excluding tert-OH is 1. The van der Waals surface area contributed by atoms with Crippen molar-refractivity contribution in [2.24, 2.45) is 11.7 Å². The second-order valence-corrected chi connectivity index (χ2v) is 5.75. The fraction of sp³-hybridized carbons (Fsp3) is 0.375. The Hall–Kier alpha value is -2.34. The minimum atomic E-state index is -0.459. The standard InChI is InChI=1S/C16H19N3O3/c17-16(22)11-6-15(21)19(8-11)12(9-20)5-10-7-18-14-4-2-1-3-13(10)14/h1-4,7,11-12,18,20H,5-6,8-9H2,(H2,17,22). The number of likely N-dealkylation sites (tertiary alicyclic amines) is 1. The van der Waals surface area contributed by atoms with Gasteiger partial charge in [0, 0.05) is 30.1 Å². The number of rotatable bonds is 5. The average Bonchev–Trinajstić information content (AvgIpc) is 3.09. The maximum absolute atomic E-state index is 12.1. The molecular formula is C16H19N3O3. The number of hydrogen-bond acceptors (Lipinski definition) is 3. The highest BCUT2D eigenvalue weighted by Gasteiger charge is 2.36. The largest absolute Gasteiger partial charge is 0.394 e. The highest BCUT2D eigenvalue weighted by atomic mass is 16.3. The zero-order chi connectivity index (χ0) is 15.7. The maximum atomic E-state index is 12.1. The van der Waals surface area contributed by atoms with E-state index >= 15 is 0 Å². The van der Waals surface area contributed by atoms with Crippen LogP contribution in [0.3, 0.4) is 0 Å². The third-order valence-corrected chi connectivity index (χ3v) is 4.34. The first kappa shape index (κ1) is 14.6. The van der Waals surface area contributed by atoms with Gasteiger partial charge in [-0.25, -0.2) is 0 Å². The molecule has 0 aliphatic carbocycles. The normalized spacial score (nSPS) is 19.8. The number of H-pyrrole nitrogens is 1. The molecular weight excluding hydrogens is 282 g/mol. The topological polar surface area (TPSA) is 99.4 Å². The molecule has 4 N–H and O–H groups in total. The molecule has 2 unspecified atom stereocenters. The predicted molar refractivity (Wildman–Crippen MR) is 81.9 cm³/mol. The fourth-order valence-corrected chi connectivity index (χ4v) is 3.10. The third-order valence-electron chi connectivity index (χ3n) is 4.34. The molecule has 2 heterocycles. The minimum Gasteiger partial charge on any atom is -0.394 e. The summed E-state index contributed by atoms with van der Waals surface area (Å²) in [7, 11) is 0. The molecule has 22 heavy (non-hydrogen) atoms. The van der Waals surface area contributed by atoms with Crippen LogP contribution in [0.2, 0.25) is 0 Å². The number of aromatic amines is 1. The number of amides is 2. The van der Waals surface area contributed by atoms with Gasteiger partial charge in [-0.3, -0.25) is 9.59 Å². The number of carbonyl (C=O) groups is 2. The van der Waals surface area contributed by atoms with Crippen LogP contribution in [-0.2, 0) is 16.0 Å². The molecule has 6 heteroatoms. The van der Waals surface area contributed by atoms with Crippen LogP contribution in [-0.4, -0.2) is 46.0 Å². The number of nitrogens with zero attached hydrogens (tertiary/aromatic N) is 1. The number of nitrogens with one attached hydrogen (secondary N) is 1. The van der Waals surface area contributed by atoms with Crippen molar-refractivity contribution in [2.75, 3.05) is 13.2 Å². The minimum absolute atomic E-state index is 0.123. The van der Waals surface area contributed by atoms with Crippen LogP contribution < -0.4 is 5.73 Å². The predicted octanol–water partition coefficient (Wildman–Crippen LogP) is 0.405. The van der Waals surface area contributed by atoms with Crippen LogP contribution in [0, 0.1) is 5.92 Å². The lowest BCUT2D eigenvalue weighted by atomic mass is 10.0. The Morgan fingerprint density at radius 3 is 2.91 bits per heavy atom. The maximum Gasteiger partial charge on any atom is 0.223 e. The lowest BCUT2D eigenvalue weighted by Gasteiger charge is -2.26. The second kappa shape index (κ2) is 5.81. The second-order valence-electron chi connectivity index (χ2n) is 5.75. The Labute approximate surface area is 127 Å². The van der Waals surface area contributed by atoms with Crippen molar-refractivity contribution in [3.8, 4) is 0 Å². The summed E-state index contributed by atoms with van der Waals surface area (Å²) in [6, 6.07) is 7.56. The third kappa shape index (κ3) is 2.57. The van der Waals surface area contributed by atoms with E-state index in [-0.39, 0.29) is 25.0 Å². The van der Waals surface area contributed by atoms with Crippen molar-refractivity contribution in [2.45, 2.75) is 18.9 Å². The highest BCUT2D eigenvalue weighted by molar-refractivity contribution is 5.88. The molecule has 2 amide bonds. The smallest absolute Gasteiger partial charge is 0.223 e. The molecule has 2 aromatic rings. The SMILES string of the molecule is NC(=O)C1CC(=O)N(C(CO)Cc2c[nH]c3ccccc23)C1. The summed E-state index contributed by atoms with van der Waals surface area (Å²) in [4.78, 5) is 28.1. The van der Waals surface area contributed by atoms with E-state index in [0.717, 1.165) is 16.5 Å². The van der Waals surface area contributed by atoms with Gasteiger partial charge < -0.3 is 20.7 Å². The van der Waals surface area contributed by atoms with Crippen molar-refractivity contribution in [3.63, 3.8) is 0 Å². The van der Waals surface area contributed by atoms with E-state index in [2.05, 4.69) is 4.98 Å². The molecule has 2 atom stereocenters. The molecule has 1 aromatic carbocycles. The number of para-hydroxylation sites is 1. The molecule has 0 radical (unpaired) electrons. The van der Waals surface area contributed by atoms with Crippen LogP contribution in [0.15, 0.2) is 30.5 Å². The Balaban J connectivity index is 1.80. The van der Waals surface area contributed by atoms with E-state index in [1.807, 2.05) is 30.5 Å². The van der Waals surface area contributed by atoms with Gasteiger partial charge in [-0.1, -0.05) is 18.2 Å². The molecule has 0 saturated carbocycles. The summed E-state index contributed by atoms with van der Waals surface area (Å²) in [6.07, 6.45) is 2.58. The first-order valence-corrected chi connectivity index (χ1v) is 7.34. The van der Waals surface area contributed by atoms with Gasteiger partial charge >= 0.3 is 0 Å². The van der Waals surface area contributed by atoms with Crippen LogP contribution in [0.25, 0.3) is 10.9 Å². The molecule has 1 aliphatic heterocycles. The van der Waals surface area contributed by atoms with Crippen LogP contribution in [0.1, 0.15) is 12.0 Å². The summed E-state index contributed by atoms with van der Waals surface area (Å²) in [5.74, 6) is -1.04. The summed E-state index contributed by atoms with van der Waals surface area (Å²) >= 11 is 0. The molecule has 3 rings (SSSR count). The number of aliphatic hydroxyl groups is 1.